The van der Waals surface area contributed by atoms with Gasteiger partial charge in [0.1, 0.15) is 17.4 Å². The lowest BCUT2D eigenvalue weighted by atomic mass is 10.1. The number of aryl methyl sites for hydroxylation is 1. The molecule has 5 aromatic rings. The predicted molar refractivity (Wildman–Crippen MR) is 179 cm³/mol. The Kier molecular flexibility index (Phi) is 11.8. The van der Waals surface area contributed by atoms with Gasteiger partial charge in [-0.3, -0.25) is 14.4 Å². The Morgan fingerprint density at radius 1 is 0.942 bits per heavy atom. The summed E-state index contributed by atoms with van der Waals surface area (Å²) in [5, 5.41) is 26.2. The zero-order chi connectivity index (χ0) is 38.2. The van der Waals surface area contributed by atoms with Crippen molar-refractivity contribution in [2.75, 3.05) is 28.7 Å². The molecule has 0 fully saturated rings. The van der Waals surface area contributed by atoms with Crippen LogP contribution >= 0.6 is 0 Å². The van der Waals surface area contributed by atoms with Crippen molar-refractivity contribution in [3.05, 3.63) is 89.1 Å². The fraction of sp³-hybridized carbons (Fsp3) is 0.219. The van der Waals surface area contributed by atoms with Crippen molar-refractivity contribution in [1.29, 1.82) is 0 Å². The second kappa shape index (κ2) is 16.2. The molecule has 272 valence electrons. The number of nitrogens with zero attached hydrogens (tertiary/aromatic N) is 6. The maximum Gasteiger partial charge on any atom is 0.416 e. The molecule has 1 atom stereocenters. The maximum atomic E-state index is 12.4. The van der Waals surface area contributed by atoms with Gasteiger partial charge in [0.25, 0.3) is 11.8 Å². The first-order valence-corrected chi connectivity index (χ1v) is 15.0. The molecule has 0 radical (unpaired) electrons. The highest BCUT2D eigenvalue weighted by Gasteiger charge is 2.30. The number of alkyl halides is 3. The Hall–Kier alpha value is -6.86. The second-order valence-corrected chi connectivity index (χ2v) is 11.0. The molecule has 0 saturated carbocycles. The summed E-state index contributed by atoms with van der Waals surface area (Å²) in [4.78, 5) is 64.4. The molecule has 0 aliphatic carbocycles. The summed E-state index contributed by atoms with van der Waals surface area (Å²) in [6, 6.07) is 9.33. The zero-order valence-electron chi connectivity index (χ0n) is 27.4. The van der Waals surface area contributed by atoms with Crippen LogP contribution in [0.5, 0.6) is 0 Å². The molecule has 20 heteroatoms. The molecule has 3 heterocycles. The number of amides is 2. The van der Waals surface area contributed by atoms with Crippen molar-refractivity contribution >= 4 is 58.1 Å². The van der Waals surface area contributed by atoms with Crippen molar-refractivity contribution in [2.24, 2.45) is 0 Å². The van der Waals surface area contributed by atoms with Crippen LogP contribution in [-0.4, -0.2) is 72.1 Å². The van der Waals surface area contributed by atoms with Crippen molar-refractivity contribution < 1.29 is 47.1 Å². The molecule has 52 heavy (non-hydrogen) atoms. The van der Waals surface area contributed by atoms with Crippen LogP contribution in [0.3, 0.4) is 0 Å². The fourth-order valence-corrected chi connectivity index (χ4v) is 4.48. The third-order valence-corrected chi connectivity index (χ3v) is 7.19. The number of nitrogens with one attached hydrogen (secondary N) is 2. The highest BCUT2D eigenvalue weighted by atomic mass is 19.4. The Labute approximate surface area is 291 Å². The summed E-state index contributed by atoms with van der Waals surface area (Å²) in [7, 11) is 1.82. The molecular weight excluding hydrogens is 693 g/mol. The van der Waals surface area contributed by atoms with Crippen molar-refractivity contribution in [1.82, 2.24) is 30.4 Å². The highest BCUT2D eigenvalue weighted by Crippen LogP contribution is 2.30. The number of anilines is 4. The van der Waals surface area contributed by atoms with E-state index in [1.165, 1.54) is 30.5 Å². The standard InChI is InChI=1S/C20H22N8O5.C12H9F3N2O2/c1-28(9-11-8-23-17-15(24-11)16(21)26-20(22)27-17)12-4-2-10(3-5-12)18(31)25-13(19(32)33)6-7-14(29)30;1-7-10(6-16-19-7)11(18)17-9-4-2-8(3-5-9)12(13,14)15/h2-5,8,13H,6-7,9H2,1H3,(H,25,31)(H,29,30)(H,32,33)(H4,21,22,23,26,27);2-6H,1H3,(H,17,18)/t13-;/m0./s1. The molecule has 2 amide bonds. The number of carboxylic acid groups (broad SMARTS) is 2. The van der Waals surface area contributed by atoms with Crippen LogP contribution in [-0.2, 0) is 22.3 Å². The van der Waals surface area contributed by atoms with Gasteiger partial charge in [0.05, 0.1) is 30.2 Å². The van der Waals surface area contributed by atoms with Gasteiger partial charge in [-0.05, 0) is 61.9 Å². The number of carbonyl (C=O) groups excluding carboxylic acids is 2. The van der Waals surface area contributed by atoms with Crippen LogP contribution in [0, 0.1) is 6.92 Å². The van der Waals surface area contributed by atoms with Crippen molar-refractivity contribution in [3.63, 3.8) is 0 Å². The topological polar surface area (TPSA) is 266 Å². The minimum Gasteiger partial charge on any atom is -0.481 e. The molecule has 0 aliphatic rings. The number of aromatic nitrogens is 5. The number of nitrogens with two attached hydrogens (primary N) is 2. The minimum absolute atomic E-state index is 0.0138. The molecule has 0 spiro atoms. The molecule has 0 aliphatic heterocycles. The zero-order valence-corrected chi connectivity index (χ0v) is 27.4. The van der Waals surface area contributed by atoms with Gasteiger partial charge in [-0.1, -0.05) is 5.16 Å². The Balaban J connectivity index is 0.000000269. The summed E-state index contributed by atoms with van der Waals surface area (Å²) in [6.45, 7) is 1.93. The lowest BCUT2D eigenvalue weighted by molar-refractivity contribution is -0.141. The van der Waals surface area contributed by atoms with E-state index < -0.39 is 41.5 Å². The number of nitrogen functional groups attached to an aromatic ring is 2. The molecule has 0 unspecified atom stereocenters. The van der Waals surface area contributed by atoms with Crippen molar-refractivity contribution in [2.45, 2.75) is 38.5 Å². The van der Waals surface area contributed by atoms with Gasteiger partial charge in [-0.2, -0.15) is 23.1 Å². The van der Waals surface area contributed by atoms with Gasteiger partial charge in [-0.15, -0.1) is 0 Å². The molecule has 2 aromatic carbocycles. The van der Waals surface area contributed by atoms with Crippen LogP contribution in [0.1, 0.15) is 50.6 Å². The largest absolute Gasteiger partial charge is 0.481 e. The van der Waals surface area contributed by atoms with E-state index in [1.54, 1.807) is 25.3 Å². The molecule has 8 N–H and O–H groups in total. The molecule has 0 saturated heterocycles. The van der Waals surface area contributed by atoms with E-state index in [0.717, 1.165) is 17.8 Å². The number of hydrogen-bond donors (Lipinski definition) is 6. The molecule has 5 rings (SSSR count). The number of carbonyl (C=O) groups is 4. The number of carboxylic acids is 2. The first kappa shape index (κ1) is 38.0. The van der Waals surface area contributed by atoms with Gasteiger partial charge < -0.3 is 41.7 Å². The first-order valence-electron chi connectivity index (χ1n) is 15.0. The lowest BCUT2D eigenvalue weighted by Crippen LogP contribution is -2.41. The van der Waals surface area contributed by atoms with Crippen LogP contribution in [0.4, 0.5) is 36.3 Å². The predicted octanol–water partition coefficient (Wildman–Crippen LogP) is 3.52. The van der Waals surface area contributed by atoms with Crippen LogP contribution < -0.4 is 27.0 Å². The summed E-state index contributed by atoms with van der Waals surface area (Å²) < 4.78 is 41.8. The van der Waals surface area contributed by atoms with Crippen LogP contribution in [0.15, 0.2) is 65.4 Å². The molecule has 0 bridgehead atoms. The average Bonchev–Trinajstić information content (AvgIpc) is 3.52. The third kappa shape index (κ3) is 10.1. The Morgan fingerprint density at radius 3 is 2.19 bits per heavy atom. The molecule has 3 aromatic heterocycles. The van der Waals surface area contributed by atoms with Crippen molar-refractivity contribution in [3.8, 4) is 0 Å². The van der Waals surface area contributed by atoms with E-state index in [9.17, 15) is 37.5 Å². The quantitative estimate of drug-likeness (QED) is 0.114. The van der Waals surface area contributed by atoms with Gasteiger partial charge in [-0.25, -0.2) is 14.8 Å². The SMILES string of the molecule is CN(Cc1cnc2nc(N)nc(N)c2n1)c1ccc(C(=O)N[C@@H](CCC(=O)O)C(=O)O)cc1.Cc1oncc1C(=O)Nc1ccc(C(F)(F)F)cc1. The van der Waals surface area contributed by atoms with Gasteiger partial charge in [0.2, 0.25) is 5.95 Å². The average molecular weight is 725 g/mol. The van der Waals surface area contributed by atoms with E-state index in [-0.39, 0.29) is 41.4 Å². The fourth-order valence-electron chi connectivity index (χ4n) is 4.48. The van der Waals surface area contributed by atoms with Gasteiger partial charge in [0, 0.05) is 30.4 Å². The third-order valence-electron chi connectivity index (χ3n) is 7.19. The van der Waals surface area contributed by atoms with E-state index in [1.807, 2.05) is 11.9 Å². The number of halogens is 3. The highest BCUT2D eigenvalue weighted by molar-refractivity contribution is 6.04. The monoisotopic (exact) mass is 724 g/mol. The summed E-state index contributed by atoms with van der Waals surface area (Å²) in [5.74, 6) is -3.06. The Morgan fingerprint density at radius 2 is 1.62 bits per heavy atom. The second-order valence-electron chi connectivity index (χ2n) is 11.0. The maximum absolute atomic E-state index is 12.4. The normalized spacial score (nSPS) is 11.6. The number of hydrogen-bond acceptors (Lipinski definition) is 13. The van der Waals surface area contributed by atoms with E-state index in [2.05, 4.69) is 35.7 Å². The summed E-state index contributed by atoms with van der Waals surface area (Å²) >= 11 is 0. The smallest absolute Gasteiger partial charge is 0.416 e. The van der Waals surface area contributed by atoms with Gasteiger partial charge in [0.15, 0.2) is 17.0 Å². The van der Waals surface area contributed by atoms with E-state index in [0.29, 0.717) is 29.2 Å². The first-order chi connectivity index (χ1) is 24.5. The number of aliphatic carboxylic acids is 2. The molecular formula is C32H31F3N10O7. The van der Waals surface area contributed by atoms with Crippen LogP contribution in [0.2, 0.25) is 0 Å². The number of rotatable bonds is 11. The summed E-state index contributed by atoms with van der Waals surface area (Å²) in [6.07, 6.45) is -2.19. The van der Waals surface area contributed by atoms with E-state index in [4.69, 9.17) is 21.1 Å². The molecule has 17 nitrogen and oxygen atoms in total. The lowest BCUT2D eigenvalue weighted by Gasteiger charge is -2.19. The van der Waals surface area contributed by atoms with E-state index >= 15 is 0 Å². The number of benzene rings is 2. The Bertz CT molecular complexity index is 2070. The number of fused-ring (bicyclic) bond motifs is 1. The minimum atomic E-state index is -4.40. The van der Waals surface area contributed by atoms with Gasteiger partial charge >= 0.3 is 18.1 Å². The van der Waals surface area contributed by atoms with Crippen LogP contribution in [0.25, 0.3) is 11.2 Å². The summed E-state index contributed by atoms with van der Waals surface area (Å²) in [5.41, 5.74) is 13.4.